The lowest BCUT2D eigenvalue weighted by Crippen LogP contribution is -2.46. The molecule has 3 rings (SSSR count). The molecule has 1 fully saturated rings. The Hall–Kier alpha value is -2.35. The summed E-state index contributed by atoms with van der Waals surface area (Å²) >= 11 is 1.54. The second-order valence-corrected chi connectivity index (χ2v) is 6.91. The van der Waals surface area contributed by atoms with Crippen LogP contribution in [0.5, 0.6) is 0 Å². The van der Waals surface area contributed by atoms with Gasteiger partial charge in [-0.15, -0.1) is 11.3 Å². The number of hydrogen-bond acceptors (Lipinski definition) is 6. The maximum absolute atomic E-state index is 12.4. The lowest BCUT2D eigenvalue weighted by molar-refractivity contribution is 0.0841. The molecule has 2 amide bonds. The van der Waals surface area contributed by atoms with Gasteiger partial charge < -0.3 is 19.4 Å². The van der Waals surface area contributed by atoms with Gasteiger partial charge in [0.2, 0.25) is 0 Å². The molecular weight excluding hydrogens is 342 g/mol. The Balaban J connectivity index is 1.53. The van der Waals surface area contributed by atoms with Gasteiger partial charge in [-0.3, -0.25) is 4.79 Å². The van der Waals surface area contributed by atoms with Crippen molar-refractivity contribution in [1.82, 2.24) is 15.2 Å². The second kappa shape index (κ2) is 7.69. The van der Waals surface area contributed by atoms with Gasteiger partial charge in [0.1, 0.15) is 5.69 Å². The summed E-state index contributed by atoms with van der Waals surface area (Å²) in [6, 6.07) is 3.44. The van der Waals surface area contributed by atoms with Crippen LogP contribution in [0.25, 0.3) is 11.5 Å². The highest BCUT2D eigenvalue weighted by molar-refractivity contribution is 7.09. The van der Waals surface area contributed by atoms with Crippen molar-refractivity contribution in [3.05, 3.63) is 28.3 Å². The summed E-state index contributed by atoms with van der Waals surface area (Å²) < 4.78 is 10.6. The predicted octanol–water partition coefficient (Wildman–Crippen LogP) is 3.06. The Morgan fingerprint density at radius 2 is 2.16 bits per heavy atom. The van der Waals surface area contributed by atoms with E-state index in [9.17, 15) is 9.59 Å². The lowest BCUT2D eigenvalue weighted by Gasteiger charge is -2.31. The van der Waals surface area contributed by atoms with Crippen LogP contribution in [-0.4, -0.2) is 47.6 Å². The third kappa shape index (κ3) is 4.19. The topological polar surface area (TPSA) is 84.7 Å². The van der Waals surface area contributed by atoms with Crippen molar-refractivity contribution in [1.29, 1.82) is 0 Å². The smallest absolute Gasteiger partial charge is 0.409 e. The monoisotopic (exact) mass is 363 g/mol. The standard InChI is InChI=1S/C17H21N3O4S/c1-3-23-17(22)20-8-6-12(7-9-20)19-16(21)15-5-4-14(24-15)13-10-25-11(2)18-13/h4-5,10,12H,3,6-9H2,1-2H3,(H,19,21). The van der Waals surface area contributed by atoms with Gasteiger partial charge in [0.15, 0.2) is 11.5 Å². The summed E-state index contributed by atoms with van der Waals surface area (Å²) in [7, 11) is 0. The highest BCUT2D eigenvalue weighted by atomic mass is 32.1. The summed E-state index contributed by atoms with van der Waals surface area (Å²) in [5.74, 6) is 0.618. The third-order valence-corrected chi connectivity index (χ3v) is 4.83. The molecule has 2 aromatic heterocycles. The molecule has 134 valence electrons. The molecule has 0 radical (unpaired) electrons. The Labute approximate surface area is 150 Å². The van der Waals surface area contributed by atoms with E-state index in [4.69, 9.17) is 9.15 Å². The number of amides is 2. The predicted molar refractivity (Wildman–Crippen MR) is 93.6 cm³/mol. The van der Waals surface area contributed by atoms with Crippen LogP contribution in [-0.2, 0) is 4.74 Å². The number of likely N-dealkylation sites (tertiary alicyclic amines) is 1. The fourth-order valence-corrected chi connectivity index (χ4v) is 3.35. The third-order valence-electron chi connectivity index (χ3n) is 4.06. The van der Waals surface area contributed by atoms with Gasteiger partial charge in [-0.05, 0) is 38.8 Å². The Kier molecular flexibility index (Phi) is 5.37. The molecule has 8 heteroatoms. The average Bonchev–Trinajstić information content (AvgIpc) is 3.24. The summed E-state index contributed by atoms with van der Waals surface area (Å²) in [6.45, 7) is 5.23. The first kappa shape index (κ1) is 17.5. The molecule has 0 aromatic carbocycles. The first-order chi connectivity index (χ1) is 12.1. The molecule has 0 spiro atoms. The van der Waals surface area contributed by atoms with E-state index < -0.39 is 0 Å². The summed E-state index contributed by atoms with van der Waals surface area (Å²) in [5, 5.41) is 5.82. The number of hydrogen-bond donors (Lipinski definition) is 1. The number of furan rings is 1. The van der Waals surface area contributed by atoms with Gasteiger partial charge in [0, 0.05) is 24.5 Å². The van der Waals surface area contributed by atoms with Crippen LogP contribution in [0.4, 0.5) is 4.79 Å². The van der Waals surface area contributed by atoms with E-state index in [2.05, 4.69) is 10.3 Å². The van der Waals surface area contributed by atoms with Gasteiger partial charge in [0.05, 0.1) is 11.6 Å². The van der Waals surface area contributed by atoms with Crippen molar-refractivity contribution in [2.45, 2.75) is 32.7 Å². The minimum absolute atomic E-state index is 0.0215. The first-order valence-corrected chi connectivity index (χ1v) is 9.19. The number of carbonyl (C=O) groups excluding carboxylic acids is 2. The number of piperidine rings is 1. The van der Waals surface area contributed by atoms with Crippen molar-refractivity contribution in [2.24, 2.45) is 0 Å². The highest BCUT2D eigenvalue weighted by Gasteiger charge is 2.25. The number of aromatic nitrogens is 1. The van der Waals surface area contributed by atoms with Gasteiger partial charge in [-0.2, -0.15) is 0 Å². The van der Waals surface area contributed by atoms with Crippen LogP contribution in [0.15, 0.2) is 21.9 Å². The molecule has 3 heterocycles. The van der Waals surface area contributed by atoms with Crippen LogP contribution in [0.1, 0.15) is 35.3 Å². The summed E-state index contributed by atoms with van der Waals surface area (Å²) in [5.41, 5.74) is 0.740. The van der Waals surface area contributed by atoms with Crippen LogP contribution in [0, 0.1) is 6.92 Å². The number of ether oxygens (including phenoxy) is 1. The van der Waals surface area contributed by atoms with Crippen LogP contribution in [0.2, 0.25) is 0 Å². The van der Waals surface area contributed by atoms with Crippen molar-refractivity contribution in [2.75, 3.05) is 19.7 Å². The van der Waals surface area contributed by atoms with Crippen molar-refractivity contribution in [3.8, 4) is 11.5 Å². The highest BCUT2D eigenvalue weighted by Crippen LogP contribution is 2.24. The molecule has 25 heavy (non-hydrogen) atoms. The van der Waals surface area contributed by atoms with Crippen molar-refractivity contribution >= 4 is 23.3 Å². The maximum atomic E-state index is 12.4. The second-order valence-electron chi connectivity index (χ2n) is 5.85. The molecule has 1 saturated heterocycles. The number of aryl methyl sites for hydroxylation is 1. The molecule has 0 unspecified atom stereocenters. The molecule has 7 nitrogen and oxygen atoms in total. The zero-order chi connectivity index (χ0) is 17.8. The van der Waals surface area contributed by atoms with E-state index in [1.165, 1.54) is 11.3 Å². The van der Waals surface area contributed by atoms with E-state index in [1.807, 2.05) is 12.3 Å². The SMILES string of the molecule is CCOC(=O)N1CCC(NC(=O)c2ccc(-c3csc(C)n3)o2)CC1. The number of nitrogens with one attached hydrogen (secondary N) is 1. The minimum Gasteiger partial charge on any atom is -0.450 e. The fraction of sp³-hybridized carbons (Fsp3) is 0.471. The number of nitrogens with zero attached hydrogens (tertiary/aromatic N) is 2. The number of carbonyl (C=O) groups is 2. The Morgan fingerprint density at radius 1 is 1.40 bits per heavy atom. The molecule has 1 aliphatic rings. The van der Waals surface area contributed by atoms with E-state index in [1.54, 1.807) is 24.0 Å². The molecule has 0 saturated carbocycles. The molecule has 0 aliphatic carbocycles. The van der Waals surface area contributed by atoms with E-state index in [0.29, 0.717) is 38.3 Å². The zero-order valence-electron chi connectivity index (χ0n) is 14.3. The van der Waals surface area contributed by atoms with Crippen molar-refractivity contribution < 1.29 is 18.7 Å². The molecule has 0 bridgehead atoms. The maximum Gasteiger partial charge on any atom is 0.409 e. The van der Waals surface area contributed by atoms with Gasteiger partial charge >= 0.3 is 6.09 Å². The molecule has 1 N–H and O–H groups in total. The normalized spacial score (nSPS) is 15.2. The van der Waals surface area contributed by atoms with Crippen LogP contribution < -0.4 is 5.32 Å². The fourth-order valence-electron chi connectivity index (χ4n) is 2.75. The quantitative estimate of drug-likeness (QED) is 0.902. The van der Waals surface area contributed by atoms with Gasteiger partial charge in [0.25, 0.3) is 5.91 Å². The zero-order valence-corrected chi connectivity index (χ0v) is 15.1. The van der Waals surface area contributed by atoms with E-state index in [0.717, 1.165) is 10.7 Å². The van der Waals surface area contributed by atoms with Gasteiger partial charge in [-0.1, -0.05) is 0 Å². The number of thiazole rings is 1. The Morgan fingerprint density at radius 3 is 2.80 bits per heavy atom. The van der Waals surface area contributed by atoms with E-state index in [-0.39, 0.29) is 23.8 Å². The van der Waals surface area contributed by atoms with Crippen LogP contribution >= 0.6 is 11.3 Å². The average molecular weight is 363 g/mol. The summed E-state index contributed by atoms with van der Waals surface area (Å²) in [6.07, 6.45) is 1.11. The first-order valence-electron chi connectivity index (χ1n) is 8.31. The molecule has 1 aliphatic heterocycles. The summed E-state index contributed by atoms with van der Waals surface area (Å²) in [4.78, 5) is 30.1. The Bertz CT molecular complexity index is 747. The largest absolute Gasteiger partial charge is 0.450 e. The molecular formula is C17H21N3O4S. The lowest BCUT2D eigenvalue weighted by atomic mass is 10.1. The van der Waals surface area contributed by atoms with Crippen molar-refractivity contribution in [3.63, 3.8) is 0 Å². The molecule has 0 atom stereocenters. The minimum atomic E-state index is -0.290. The molecule has 2 aromatic rings. The number of rotatable bonds is 4. The van der Waals surface area contributed by atoms with Gasteiger partial charge in [-0.25, -0.2) is 9.78 Å². The van der Waals surface area contributed by atoms with Crippen LogP contribution in [0.3, 0.4) is 0 Å². The van der Waals surface area contributed by atoms with E-state index >= 15 is 0 Å².